The molecule has 1 aliphatic carbocycles. The van der Waals surface area contributed by atoms with Gasteiger partial charge in [-0.15, -0.1) is 0 Å². The standard InChI is InChI=1S/C24H34O4/c1-2-3-4-11-21(25)15-13-19-14-16-23(26)22(19)17-20-9-6-5-8-18(20)10-7-12-24(27)28/h5-6,8-9,13,15,19,21-22,25H,2-4,7,10-12,14,16-17H2,1H3,(H,27,28)/b15-13+/t19-,21+,22+/m1/s1. The molecule has 1 aromatic carbocycles. The van der Waals surface area contributed by atoms with Gasteiger partial charge in [0.15, 0.2) is 0 Å². The minimum absolute atomic E-state index is 0.0419. The Morgan fingerprint density at radius 3 is 2.68 bits per heavy atom. The molecule has 1 fully saturated rings. The second-order valence-corrected chi connectivity index (χ2v) is 7.94. The first kappa shape index (κ1) is 22.4. The van der Waals surface area contributed by atoms with Crippen molar-refractivity contribution in [1.29, 1.82) is 0 Å². The molecular weight excluding hydrogens is 352 g/mol. The lowest BCUT2D eigenvalue weighted by Crippen LogP contribution is -2.18. The first-order valence-corrected chi connectivity index (χ1v) is 10.7. The van der Waals surface area contributed by atoms with Crippen LogP contribution in [0.15, 0.2) is 36.4 Å². The molecule has 28 heavy (non-hydrogen) atoms. The Hall–Kier alpha value is -1.94. The molecule has 0 saturated heterocycles. The third kappa shape index (κ3) is 7.23. The summed E-state index contributed by atoms with van der Waals surface area (Å²) in [6.07, 6.45) is 11.2. The molecule has 1 aromatic rings. The highest BCUT2D eigenvalue weighted by Crippen LogP contribution is 2.33. The quantitative estimate of drug-likeness (QED) is 0.402. The van der Waals surface area contributed by atoms with E-state index in [0.29, 0.717) is 25.0 Å². The number of aliphatic hydroxyl groups is 1. The van der Waals surface area contributed by atoms with E-state index in [1.54, 1.807) is 0 Å². The average molecular weight is 387 g/mol. The van der Waals surface area contributed by atoms with Gasteiger partial charge in [0.05, 0.1) is 6.10 Å². The minimum Gasteiger partial charge on any atom is -0.481 e. The van der Waals surface area contributed by atoms with Crippen molar-refractivity contribution in [3.8, 4) is 0 Å². The van der Waals surface area contributed by atoms with E-state index >= 15 is 0 Å². The Morgan fingerprint density at radius 2 is 1.96 bits per heavy atom. The number of rotatable bonds is 12. The number of carboxylic acids is 1. The maximum Gasteiger partial charge on any atom is 0.303 e. The zero-order chi connectivity index (χ0) is 20.4. The number of Topliss-reactive ketones (excluding diaryl/α,β-unsaturated/α-hetero) is 1. The van der Waals surface area contributed by atoms with E-state index in [2.05, 4.69) is 19.1 Å². The Morgan fingerprint density at radius 1 is 1.21 bits per heavy atom. The van der Waals surface area contributed by atoms with Gasteiger partial charge in [-0.1, -0.05) is 62.6 Å². The summed E-state index contributed by atoms with van der Waals surface area (Å²) in [6.45, 7) is 2.15. The number of carboxylic acid groups (broad SMARTS) is 1. The third-order valence-corrected chi connectivity index (χ3v) is 5.73. The summed E-state index contributed by atoms with van der Waals surface area (Å²) in [7, 11) is 0. The maximum absolute atomic E-state index is 12.5. The molecule has 2 rings (SSSR count). The van der Waals surface area contributed by atoms with Crippen molar-refractivity contribution in [3.63, 3.8) is 0 Å². The van der Waals surface area contributed by atoms with Crippen molar-refractivity contribution in [2.24, 2.45) is 11.8 Å². The summed E-state index contributed by atoms with van der Waals surface area (Å²) < 4.78 is 0. The van der Waals surface area contributed by atoms with E-state index in [9.17, 15) is 14.7 Å². The number of hydrogen-bond donors (Lipinski definition) is 2. The molecule has 0 aliphatic heterocycles. The van der Waals surface area contributed by atoms with Gasteiger partial charge in [0.2, 0.25) is 0 Å². The predicted molar refractivity (Wildman–Crippen MR) is 111 cm³/mol. The van der Waals surface area contributed by atoms with Crippen molar-refractivity contribution in [3.05, 3.63) is 47.5 Å². The van der Waals surface area contributed by atoms with E-state index in [0.717, 1.165) is 49.7 Å². The molecule has 154 valence electrons. The first-order valence-electron chi connectivity index (χ1n) is 10.7. The number of carbonyl (C=O) groups excluding carboxylic acids is 1. The van der Waals surface area contributed by atoms with Crippen LogP contribution in [0.4, 0.5) is 0 Å². The van der Waals surface area contributed by atoms with Gasteiger partial charge in [0, 0.05) is 18.8 Å². The third-order valence-electron chi connectivity index (χ3n) is 5.73. The summed E-state index contributed by atoms with van der Waals surface area (Å²) in [4.78, 5) is 23.3. The highest BCUT2D eigenvalue weighted by molar-refractivity contribution is 5.84. The van der Waals surface area contributed by atoms with E-state index in [1.165, 1.54) is 0 Å². The van der Waals surface area contributed by atoms with Gasteiger partial charge in [0.1, 0.15) is 5.78 Å². The summed E-state index contributed by atoms with van der Waals surface area (Å²) in [5.74, 6) is -0.332. The normalized spacial score (nSPS) is 20.7. The molecule has 0 aromatic heterocycles. The van der Waals surface area contributed by atoms with Crippen molar-refractivity contribution < 1.29 is 19.8 Å². The van der Waals surface area contributed by atoms with Gasteiger partial charge in [-0.25, -0.2) is 0 Å². The Kier molecular flexibility index (Phi) is 9.42. The molecule has 1 saturated carbocycles. The fourth-order valence-corrected chi connectivity index (χ4v) is 4.07. The number of aliphatic hydroxyl groups excluding tert-OH is 1. The van der Waals surface area contributed by atoms with Crippen LogP contribution in [0.2, 0.25) is 0 Å². The number of hydrogen-bond acceptors (Lipinski definition) is 3. The zero-order valence-electron chi connectivity index (χ0n) is 17.0. The van der Waals surface area contributed by atoms with Gasteiger partial charge in [-0.05, 0) is 49.1 Å². The van der Waals surface area contributed by atoms with Crippen LogP contribution in [0.3, 0.4) is 0 Å². The number of unbranched alkanes of at least 4 members (excludes halogenated alkanes) is 2. The van der Waals surface area contributed by atoms with Crippen LogP contribution in [0, 0.1) is 11.8 Å². The minimum atomic E-state index is -0.772. The number of benzene rings is 1. The second kappa shape index (κ2) is 11.8. The van der Waals surface area contributed by atoms with Gasteiger partial charge < -0.3 is 10.2 Å². The first-order chi connectivity index (χ1) is 13.5. The summed E-state index contributed by atoms with van der Waals surface area (Å²) in [5, 5.41) is 19.0. The Balaban J connectivity index is 1.99. The van der Waals surface area contributed by atoms with Crippen LogP contribution in [0.25, 0.3) is 0 Å². The van der Waals surface area contributed by atoms with Crippen molar-refractivity contribution in [1.82, 2.24) is 0 Å². The van der Waals surface area contributed by atoms with Crippen LogP contribution in [0.5, 0.6) is 0 Å². The van der Waals surface area contributed by atoms with E-state index in [-0.39, 0.29) is 18.3 Å². The van der Waals surface area contributed by atoms with Gasteiger partial charge >= 0.3 is 5.97 Å². The van der Waals surface area contributed by atoms with Crippen LogP contribution in [-0.4, -0.2) is 28.1 Å². The fraction of sp³-hybridized carbons (Fsp3) is 0.583. The maximum atomic E-state index is 12.5. The fourth-order valence-electron chi connectivity index (χ4n) is 4.07. The van der Waals surface area contributed by atoms with Crippen molar-refractivity contribution in [2.75, 3.05) is 0 Å². The highest BCUT2D eigenvalue weighted by Gasteiger charge is 2.33. The average Bonchev–Trinajstić information content (AvgIpc) is 3.01. The number of aliphatic carboxylic acids is 1. The summed E-state index contributed by atoms with van der Waals surface area (Å²) in [6, 6.07) is 8.05. The SMILES string of the molecule is CCCCC[C@H](O)/C=C/[C@@H]1CCC(=O)[C@H]1Cc1ccccc1CCCC(=O)O. The number of aryl methyl sites for hydroxylation is 1. The van der Waals surface area contributed by atoms with Crippen molar-refractivity contribution >= 4 is 11.8 Å². The number of ketones is 1. The lowest BCUT2D eigenvalue weighted by Gasteiger charge is -2.18. The molecule has 0 unspecified atom stereocenters. The zero-order valence-corrected chi connectivity index (χ0v) is 17.0. The van der Waals surface area contributed by atoms with Crippen molar-refractivity contribution in [2.45, 2.75) is 77.2 Å². The summed E-state index contributed by atoms with van der Waals surface area (Å²) in [5.41, 5.74) is 2.29. The largest absolute Gasteiger partial charge is 0.481 e. The smallest absolute Gasteiger partial charge is 0.303 e. The summed E-state index contributed by atoms with van der Waals surface area (Å²) >= 11 is 0. The molecule has 0 spiro atoms. The molecule has 0 amide bonds. The number of allylic oxidation sites excluding steroid dienone is 1. The van der Waals surface area contributed by atoms with Crippen LogP contribution < -0.4 is 0 Å². The van der Waals surface area contributed by atoms with Gasteiger partial charge in [-0.2, -0.15) is 0 Å². The second-order valence-electron chi connectivity index (χ2n) is 7.94. The van der Waals surface area contributed by atoms with Gasteiger partial charge in [0.25, 0.3) is 0 Å². The molecule has 4 nitrogen and oxygen atoms in total. The molecule has 4 heteroatoms. The predicted octanol–water partition coefficient (Wildman–Crippen LogP) is 4.73. The van der Waals surface area contributed by atoms with E-state index in [4.69, 9.17) is 5.11 Å². The lowest BCUT2D eigenvalue weighted by molar-refractivity contribution is -0.137. The Bertz CT molecular complexity index is 664. The topological polar surface area (TPSA) is 74.6 Å². The monoisotopic (exact) mass is 386 g/mol. The highest BCUT2D eigenvalue weighted by atomic mass is 16.4. The van der Waals surface area contributed by atoms with E-state index < -0.39 is 12.1 Å². The van der Waals surface area contributed by atoms with Gasteiger partial charge in [-0.3, -0.25) is 9.59 Å². The Labute approximate surface area is 168 Å². The van der Waals surface area contributed by atoms with Crippen LogP contribution >= 0.6 is 0 Å². The molecule has 0 bridgehead atoms. The van der Waals surface area contributed by atoms with Crippen LogP contribution in [-0.2, 0) is 22.4 Å². The molecule has 0 heterocycles. The van der Waals surface area contributed by atoms with Crippen LogP contribution in [0.1, 0.15) is 69.4 Å². The number of carbonyl (C=O) groups is 2. The molecule has 0 radical (unpaired) electrons. The molecule has 3 atom stereocenters. The van der Waals surface area contributed by atoms with E-state index in [1.807, 2.05) is 24.3 Å². The lowest BCUT2D eigenvalue weighted by atomic mass is 9.86. The molecule has 1 aliphatic rings. The molecular formula is C24H34O4. The molecule has 2 N–H and O–H groups in total.